The molecule has 2 aromatic rings. The molecule has 4 saturated heterocycles. The van der Waals surface area contributed by atoms with E-state index in [0.29, 0.717) is 37.9 Å². The minimum atomic E-state index is -1.35. The second-order valence-electron chi connectivity index (χ2n) is 18.8. The molecule has 16 nitrogen and oxygen atoms in total. The van der Waals surface area contributed by atoms with E-state index in [1.54, 1.807) is 37.5 Å². The van der Waals surface area contributed by atoms with Crippen LogP contribution in [0.4, 0.5) is 4.79 Å². The van der Waals surface area contributed by atoms with Gasteiger partial charge in [-0.25, -0.2) is 9.78 Å². The van der Waals surface area contributed by atoms with Gasteiger partial charge in [-0.3, -0.25) is 19.4 Å². The highest BCUT2D eigenvalue weighted by atomic mass is 16.7. The Labute approximate surface area is 372 Å². The lowest BCUT2D eigenvalue weighted by Gasteiger charge is -2.47. The van der Waals surface area contributed by atoms with Gasteiger partial charge in [0.15, 0.2) is 18.0 Å². The number of carbonyl (C=O) groups is 4. The Morgan fingerprint density at radius 3 is 2.48 bits per heavy atom. The van der Waals surface area contributed by atoms with Crippen molar-refractivity contribution in [3.05, 3.63) is 49.2 Å². The van der Waals surface area contributed by atoms with Crippen molar-refractivity contribution in [2.75, 3.05) is 33.9 Å². The number of amides is 1. The number of imidazole rings is 1. The number of carbonyl (C=O) groups excluding carboxylic acids is 4. The lowest BCUT2D eigenvalue weighted by Crippen LogP contribution is -2.60. The van der Waals surface area contributed by atoms with Crippen molar-refractivity contribution < 1.29 is 52.3 Å². The van der Waals surface area contributed by atoms with E-state index in [4.69, 9.17) is 33.2 Å². The minimum Gasteiger partial charge on any atom is -0.458 e. The summed E-state index contributed by atoms with van der Waals surface area (Å²) in [6.45, 7) is 19.7. The molecule has 16 heteroatoms. The van der Waals surface area contributed by atoms with Gasteiger partial charge in [-0.05, 0) is 91.6 Å². The topological polar surface area (TPSA) is 170 Å². The van der Waals surface area contributed by atoms with Crippen LogP contribution in [0.25, 0.3) is 11.3 Å². The van der Waals surface area contributed by atoms with Gasteiger partial charge in [-0.1, -0.05) is 27.4 Å². The smallest absolute Gasteiger partial charge is 0.410 e. The molecule has 2 bridgehead atoms. The number of aromatic nitrogens is 3. The normalized spacial score (nSPS) is 35.9. The molecular formula is C47H69N5O11. The van der Waals surface area contributed by atoms with Crippen molar-refractivity contribution in [2.24, 2.45) is 17.8 Å². The number of likely N-dealkylation sites (N-methyl/N-ethyl adjacent to an activating group) is 1. The Morgan fingerprint density at radius 2 is 1.79 bits per heavy atom. The van der Waals surface area contributed by atoms with Gasteiger partial charge in [0.2, 0.25) is 0 Å². The number of hydrogen-bond acceptors (Lipinski definition) is 14. The number of aryl methyl sites for hydroxylation is 1. The molecule has 6 rings (SSSR count). The Kier molecular flexibility index (Phi) is 15.5. The lowest BCUT2D eigenvalue weighted by molar-refractivity contribution is -0.296. The predicted octanol–water partition coefficient (Wildman–Crippen LogP) is 6.01. The summed E-state index contributed by atoms with van der Waals surface area (Å²) in [5.41, 5.74) is -0.126. The standard InChI is InChI=1S/C47H69N5O11/c1-12-38-47(9)42(52(45(56)63-47)19-14-13-18-51-24-35(49-27-51)34-16-15-17-48-23-34)32(6)40(54)29(3)22-46(8)39(21-37(31(5)43(55)61-38)57-25-28(2)26-58-46)62-44-41(60-33(7)53)36(50(10)11)20-30(4)59-44/h15-17,23-24,27,29-32,36-39,41-42,44H,2,12-14,18-22,25-26H2,1,3-11H3/t29-,30-,31-,32+,36+,37-,38-,39-,41-,42?,44?,46+,47?/m1/s1. The summed E-state index contributed by atoms with van der Waals surface area (Å²) in [6.07, 6.45) is 4.80. The van der Waals surface area contributed by atoms with Crippen molar-refractivity contribution in [1.82, 2.24) is 24.3 Å². The van der Waals surface area contributed by atoms with Crippen LogP contribution in [0, 0.1) is 17.8 Å². The van der Waals surface area contributed by atoms with E-state index in [0.717, 1.165) is 17.7 Å². The first-order valence-electron chi connectivity index (χ1n) is 22.6. The Bertz CT molecular complexity index is 1930. The molecule has 4 fully saturated rings. The molecule has 0 N–H and O–H groups in total. The lowest BCUT2D eigenvalue weighted by atomic mass is 9.74. The van der Waals surface area contributed by atoms with Gasteiger partial charge in [0.1, 0.15) is 11.9 Å². The largest absolute Gasteiger partial charge is 0.458 e. The molecule has 4 aliphatic rings. The molecule has 2 aromatic heterocycles. The number of fused-ring (bicyclic) bond motifs is 4. The van der Waals surface area contributed by atoms with Gasteiger partial charge >= 0.3 is 18.0 Å². The van der Waals surface area contributed by atoms with Gasteiger partial charge < -0.3 is 47.5 Å². The number of unbranched alkanes of at least 4 members (excludes halogenated alkanes) is 1. The third-order valence-electron chi connectivity index (χ3n) is 13.5. The number of hydrogen-bond donors (Lipinski definition) is 0. The fraction of sp³-hybridized carbons (Fsp3) is 0.702. The van der Waals surface area contributed by atoms with Crippen LogP contribution < -0.4 is 0 Å². The fourth-order valence-electron chi connectivity index (χ4n) is 10.0. The summed E-state index contributed by atoms with van der Waals surface area (Å²) in [6, 6.07) is 2.85. The predicted molar refractivity (Wildman–Crippen MR) is 232 cm³/mol. The number of ketones is 1. The summed E-state index contributed by atoms with van der Waals surface area (Å²) in [5, 5.41) is 0. The molecule has 1 amide bonds. The number of cyclic esters (lactones) is 1. The number of nitrogens with zero attached hydrogens (tertiary/aromatic N) is 5. The molecule has 0 aromatic carbocycles. The number of Topliss-reactive ketones (excluding diaryl/α,β-unsaturated/α-hetero) is 1. The maximum Gasteiger partial charge on any atom is 0.410 e. The highest BCUT2D eigenvalue weighted by molar-refractivity contribution is 5.85. The molecule has 348 valence electrons. The van der Waals surface area contributed by atoms with Crippen LogP contribution in [0.5, 0.6) is 0 Å². The zero-order valence-corrected chi connectivity index (χ0v) is 38.8. The molecule has 0 spiro atoms. The quantitative estimate of drug-likeness (QED) is 0.111. The Balaban J connectivity index is 1.31. The van der Waals surface area contributed by atoms with Crippen molar-refractivity contribution in [1.29, 1.82) is 0 Å². The molecule has 6 heterocycles. The van der Waals surface area contributed by atoms with Crippen LogP contribution >= 0.6 is 0 Å². The second kappa shape index (κ2) is 20.3. The van der Waals surface area contributed by atoms with E-state index in [1.165, 1.54) is 6.92 Å². The van der Waals surface area contributed by atoms with Gasteiger partial charge in [0.25, 0.3) is 0 Å². The van der Waals surface area contributed by atoms with Gasteiger partial charge in [-0.15, -0.1) is 0 Å². The van der Waals surface area contributed by atoms with E-state index in [2.05, 4.69) is 16.5 Å². The van der Waals surface area contributed by atoms with Crippen molar-refractivity contribution in [2.45, 2.75) is 161 Å². The first kappa shape index (κ1) is 48.2. The Hall–Kier alpha value is -4.22. The zero-order chi connectivity index (χ0) is 45.8. The fourth-order valence-corrected chi connectivity index (χ4v) is 10.0. The first-order chi connectivity index (χ1) is 29.8. The molecule has 4 aliphatic heterocycles. The maximum absolute atomic E-state index is 15.0. The van der Waals surface area contributed by atoms with Crippen molar-refractivity contribution in [3.63, 3.8) is 0 Å². The monoisotopic (exact) mass is 879 g/mol. The van der Waals surface area contributed by atoms with Gasteiger partial charge in [0, 0.05) is 62.4 Å². The highest BCUT2D eigenvalue weighted by Gasteiger charge is 2.60. The average Bonchev–Trinajstić information content (AvgIpc) is 3.83. The van der Waals surface area contributed by atoms with Gasteiger partial charge in [0.05, 0.1) is 67.1 Å². The van der Waals surface area contributed by atoms with Crippen LogP contribution in [-0.2, 0) is 54.1 Å². The summed E-state index contributed by atoms with van der Waals surface area (Å²) in [7, 11) is 3.84. The summed E-state index contributed by atoms with van der Waals surface area (Å²) in [5.74, 6) is -3.28. The van der Waals surface area contributed by atoms with Crippen molar-refractivity contribution in [3.8, 4) is 11.3 Å². The van der Waals surface area contributed by atoms with E-state index >= 15 is 0 Å². The molecular weight excluding hydrogens is 811 g/mol. The van der Waals surface area contributed by atoms with Gasteiger partial charge in [-0.2, -0.15) is 0 Å². The van der Waals surface area contributed by atoms with E-state index < -0.39 is 83.7 Å². The SMILES string of the molecule is C=C1CO[C@@H]2C[C@@H](OC3O[C@H](C)C[C@H](N(C)C)[C@H]3OC(C)=O)[C@](C)(C[C@@H](C)C(=O)[C@H](C)C3N(CCCCn4cnc(-c5cccnc5)c4)C(=O)OC3(C)[C@@H](CC)OC(=O)[C@@H]2C)OC1. The van der Waals surface area contributed by atoms with Crippen LogP contribution in [0.3, 0.4) is 0 Å². The summed E-state index contributed by atoms with van der Waals surface area (Å²) in [4.78, 5) is 68.3. The van der Waals surface area contributed by atoms with Crippen LogP contribution in [0.2, 0.25) is 0 Å². The average molecular weight is 880 g/mol. The molecule has 13 atom stereocenters. The Morgan fingerprint density at radius 1 is 1.05 bits per heavy atom. The summed E-state index contributed by atoms with van der Waals surface area (Å²) < 4.78 is 47.2. The molecule has 0 radical (unpaired) electrons. The first-order valence-corrected chi connectivity index (χ1v) is 22.6. The molecule has 3 unspecified atom stereocenters. The van der Waals surface area contributed by atoms with Crippen LogP contribution in [-0.4, -0.2) is 142 Å². The maximum atomic E-state index is 15.0. The van der Waals surface area contributed by atoms with E-state index in [9.17, 15) is 19.2 Å². The molecule has 0 saturated carbocycles. The van der Waals surface area contributed by atoms with Crippen LogP contribution in [0.1, 0.15) is 93.9 Å². The van der Waals surface area contributed by atoms with Crippen LogP contribution in [0.15, 0.2) is 49.2 Å². The zero-order valence-electron chi connectivity index (χ0n) is 38.8. The molecule has 63 heavy (non-hydrogen) atoms. The highest BCUT2D eigenvalue weighted by Crippen LogP contribution is 2.43. The van der Waals surface area contributed by atoms with E-state index in [1.807, 2.05) is 76.5 Å². The number of pyridine rings is 1. The summed E-state index contributed by atoms with van der Waals surface area (Å²) >= 11 is 0. The number of esters is 2. The number of rotatable bonds is 11. The molecule has 0 aliphatic carbocycles. The minimum absolute atomic E-state index is 0.104. The third-order valence-corrected chi connectivity index (χ3v) is 13.5. The second-order valence-corrected chi connectivity index (χ2v) is 18.8. The third kappa shape index (κ3) is 10.8. The van der Waals surface area contributed by atoms with Crippen molar-refractivity contribution >= 4 is 23.8 Å². The number of ether oxygens (including phenoxy) is 7. The van der Waals surface area contributed by atoms with E-state index in [-0.39, 0.29) is 44.0 Å².